The zero-order valence-corrected chi connectivity index (χ0v) is 14.6. The van der Waals surface area contributed by atoms with E-state index in [9.17, 15) is 4.79 Å². The Morgan fingerprint density at radius 3 is 2.21 bits per heavy atom. The zero-order valence-electron chi connectivity index (χ0n) is 13.8. The molecule has 0 radical (unpaired) electrons. The minimum Gasteiger partial charge on any atom is -0.328 e. The van der Waals surface area contributed by atoms with Gasteiger partial charge in [0.2, 0.25) is 5.91 Å². The van der Waals surface area contributed by atoms with Crippen molar-refractivity contribution in [3.8, 4) is 0 Å². The van der Waals surface area contributed by atoms with Crippen LogP contribution in [0.4, 0.5) is 5.69 Å². The molecule has 0 heterocycles. The van der Waals surface area contributed by atoms with Crippen molar-refractivity contribution in [3.63, 3.8) is 0 Å². The molecule has 0 saturated heterocycles. The van der Waals surface area contributed by atoms with Crippen LogP contribution >= 0.6 is 12.4 Å². The summed E-state index contributed by atoms with van der Waals surface area (Å²) in [5, 5.41) is 0. The molecule has 3 rings (SSSR count). The third-order valence-electron chi connectivity index (χ3n) is 4.62. The smallest absolute Gasteiger partial charge is 0.230 e. The molecule has 2 unspecified atom stereocenters. The van der Waals surface area contributed by atoms with Gasteiger partial charge in [-0.3, -0.25) is 4.79 Å². The van der Waals surface area contributed by atoms with Crippen LogP contribution < -0.4 is 10.6 Å². The maximum absolute atomic E-state index is 13.0. The molecule has 4 heteroatoms. The summed E-state index contributed by atoms with van der Waals surface area (Å²) in [5.74, 6) is 0.293. The monoisotopic (exact) mass is 344 g/mol. The van der Waals surface area contributed by atoms with E-state index in [1.807, 2.05) is 53.4 Å². The Morgan fingerprint density at radius 2 is 1.62 bits per heavy atom. The molecular formula is C20H25ClN2O. The van der Waals surface area contributed by atoms with E-state index in [2.05, 4.69) is 12.1 Å². The summed E-state index contributed by atoms with van der Waals surface area (Å²) in [5.41, 5.74) is 8.23. The molecule has 1 aliphatic carbocycles. The lowest BCUT2D eigenvalue weighted by Gasteiger charge is -2.26. The third-order valence-corrected chi connectivity index (χ3v) is 4.62. The molecule has 3 nitrogen and oxygen atoms in total. The zero-order chi connectivity index (χ0) is 16.1. The van der Waals surface area contributed by atoms with E-state index < -0.39 is 0 Å². The van der Waals surface area contributed by atoms with Crippen LogP contribution in [-0.4, -0.2) is 18.5 Å². The summed E-state index contributed by atoms with van der Waals surface area (Å²) in [7, 11) is 0. The number of carbonyl (C=O) groups is 1. The first-order valence-electron chi connectivity index (χ1n) is 8.40. The van der Waals surface area contributed by atoms with Gasteiger partial charge in [-0.1, -0.05) is 48.5 Å². The number of nitrogens with two attached hydrogens (primary N) is 1. The highest BCUT2D eigenvalue weighted by molar-refractivity contribution is 5.95. The largest absolute Gasteiger partial charge is 0.328 e. The van der Waals surface area contributed by atoms with Gasteiger partial charge in [-0.15, -0.1) is 12.4 Å². The fourth-order valence-corrected chi connectivity index (χ4v) is 3.32. The standard InChI is InChI=1S/C20H24N2O.ClH/c21-18-12-11-17(15-18)20(23)22(19-9-5-2-6-10-19)14-13-16-7-3-1-4-8-16;/h1-10,17-18H,11-15,21H2;1H. The van der Waals surface area contributed by atoms with Gasteiger partial charge in [0.05, 0.1) is 0 Å². The quantitative estimate of drug-likeness (QED) is 0.896. The van der Waals surface area contributed by atoms with Crippen molar-refractivity contribution < 1.29 is 4.79 Å². The lowest BCUT2D eigenvalue weighted by atomic mass is 10.0. The minimum atomic E-state index is 0. The van der Waals surface area contributed by atoms with Gasteiger partial charge >= 0.3 is 0 Å². The lowest BCUT2D eigenvalue weighted by Crippen LogP contribution is -2.37. The first kappa shape index (κ1) is 18.5. The molecule has 0 spiro atoms. The Morgan fingerprint density at radius 1 is 1.00 bits per heavy atom. The van der Waals surface area contributed by atoms with Crippen molar-refractivity contribution in [2.75, 3.05) is 11.4 Å². The number of rotatable bonds is 5. The van der Waals surface area contributed by atoms with Gasteiger partial charge in [-0.05, 0) is 43.4 Å². The van der Waals surface area contributed by atoms with Crippen molar-refractivity contribution in [2.24, 2.45) is 11.7 Å². The molecule has 1 amide bonds. The lowest BCUT2D eigenvalue weighted by molar-refractivity contribution is -0.122. The summed E-state index contributed by atoms with van der Waals surface area (Å²) in [4.78, 5) is 14.9. The number of hydrogen-bond donors (Lipinski definition) is 1. The maximum Gasteiger partial charge on any atom is 0.230 e. The van der Waals surface area contributed by atoms with Crippen LogP contribution in [0.15, 0.2) is 60.7 Å². The van der Waals surface area contributed by atoms with Gasteiger partial charge in [0, 0.05) is 24.2 Å². The number of benzene rings is 2. The highest BCUT2D eigenvalue weighted by atomic mass is 35.5. The Hall–Kier alpha value is -1.84. The number of anilines is 1. The van der Waals surface area contributed by atoms with E-state index in [0.29, 0.717) is 6.54 Å². The summed E-state index contributed by atoms with van der Waals surface area (Å²) in [6, 6.07) is 20.5. The number of amides is 1. The van der Waals surface area contributed by atoms with E-state index in [0.717, 1.165) is 31.4 Å². The number of nitrogens with zero attached hydrogens (tertiary/aromatic N) is 1. The second-order valence-corrected chi connectivity index (χ2v) is 6.33. The van der Waals surface area contributed by atoms with Gasteiger partial charge < -0.3 is 10.6 Å². The van der Waals surface area contributed by atoms with E-state index in [4.69, 9.17) is 5.73 Å². The minimum absolute atomic E-state index is 0. The molecule has 0 aromatic heterocycles. The Kier molecular flexibility index (Phi) is 6.83. The van der Waals surface area contributed by atoms with Crippen molar-refractivity contribution in [2.45, 2.75) is 31.7 Å². The Bertz CT molecular complexity index is 633. The van der Waals surface area contributed by atoms with E-state index in [1.165, 1.54) is 5.56 Å². The van der Waals surface area contributed by atoms with Gasteiger partial charge in [-0.25, -0.2) is 0 Å². The predicted molar refractivity (Wildman–Crippen MR) is 102 cm³/mol. The molecular weight excluding hydrogens is 320 g/mol. The normalized spacial score (nSPS) is 19.5. The van der Waals surface area contributed by atoms with Gasteiger partial charge in [0.1, 0.15) is 0 Å². The van der Waals surface area contributed by atoms with Crippen molar-refractivity contribution in [3.05, 3.63) is 66.2 Å². The topological polar surface area (TPSA) is 46.3 Å². The van der Waals surface area contributed by atoms with E-state index in [1.54, 1.807) is 0 Å². The average Bonchev–Trinajstić information content (AvgIpc) is 3.03. The molecule has 24 heavy (non-hydrogen) atoms. The SMILES string of the molecule is Cl.NC1CCC(C(=O)N(CCc2ccccc2)c2ccccc2)C1. The average molecular weight is 345 g/mol. The fourth-order valence-electron chi connectivity index (χ4n) is 3.32. The summed E-state index contributed by atoms with van der Waals surface area (Å²) >= 11 is 0. The number of halogens is 1. The summed E-state index contributed by atoms with van der Waals surface area (Å²) < 4.78 is 0. The van der Waals surface area contributed by atoms with E-state index in [-0.39, 0.29) is 30.3 Å². The molecule has 1 aliphatic rings. The number of hydrogen-bond acceptors (Lipinski definition) is 2. The maximum atomic E-state index is 13.0. The van der Waals surface area contributed by atoms with E-state index >= 15 is 0 Å². The molecule has 1 saturated carbocycles. The van der Waals surface area contributed by atoms with Gasteiger partial charge in [-0.2, -0.15) is 0 Å². The fraction of sp³-hybridized carbons (Fsp3) is 0.350. The molecule has 2 aromatic rings. The van der Waals surface area contributed by atoms with Crippen LogP contribution in [0.3, 0.4) is 0 Å². The molecule has 2 atom stereocenters. The van der Waals surface area contributed by atoms with Crippen molar-refractivity contribution >= 4 is 24.0 Å². The highest BCUT2D eigenvalue weighted by Gasteiger charge is 2.31. The molecule has 0 bridgehead atoms. The molecule has 0 aliphatic heterocycles. The molecule has 1 fully saturated rings. The summed E-state index contributed by atoms with van der Waals surface area (Å²) in [6.07, 6.45) is 3.54. The highest BCUT2D eigenvalue weighted by Crippen LogP contribution is 2.28. The van der Waals surface area contributed by atoms with Crippen LogP contribution in [0.5, 0.6) is 0 Å². The van der Waals surface area contributed by atoms with Crippen LogP contribution in [0.25, 0.3) is 0 Å². The first-order valence-corrected chi connectivity index (χ1v) is 8.40. The van der Waals surface area contributed by atoms with Gasteiger partial charge in [0.25, 0.3) is 0 Å². The molecule has 2 N–H and O–H groups in total. The molecule has 2 aromatic carbocycles. The Balaban J connectivity index is 0.00000208. The number of para-hydroxylation sites is 1. The first-order chi connectivity index (χ1) is 11.2. The predicted octanol–water partition coefficient (Wildman–Crippen LogP) is 3.81. The van der Waals surface area contributed by atoms with Crippen molar-refractivity contribution in [1.29, 1.82) is 0 Å². The van der Waals surface area contributed by atoms with Crippen molar-refractivity contribution in [1.82, 2.24) is 0 Å². The van der Waals surface area contributed by atoms with Crippen LogP contribution in [0, 0.1) is 5.92 Å². The van der Waals surface area contributed by atoms with Crippen LogP contribution in [-0.2, 0) is 11.2 Å². The number of carbonyl (C=O) groups excluding carboxylic acids is 1. The second-order valence-electron chi connectivity index (χ2n) is 6.33. The van der Waals surface area contributed by atoms with Crippen LogP contribution in [0.1, 0.15) is 24.8 Å². The Labute approximate surface area is 150 Å². The second kappa shape index (κ2) is 8.86. The van der Waals surface area contributed by atoms with Gasteiger partial charge in [0.15, 0.2) is 0 Å². The van der Waals surface area contributed by atoms with Crippen LogP contribution in [0.2, 0.25) is 0 Å². The molecule has 128 valence electrons. The summed E-state index contributed by atoms with van der Waals surface area (Å²) in [6.45, 7) is 0.707. The third kappa shape index (κ3) is 4.59.